The van der Waals surface area contributed by atoms with Gasteiger partial charge in [-0.25, -0.2) is 9.37 Å². The van der Waals surface area contributed by atoms with Gasteiger partial charge in [-0.05, 0) is 47.5 Å². The van der Waals surface area contributed by atoms with Gasteiger partial charge >= 0.3 is 0 Å². The number of benzene rings is 3. The summed E-state index contributed by atoms with van der Waals surface area (Å²) in [4.78, 5) is 30.4. The molecule has 0 atom stereocenters. The van der Waals surface area contributed by atoms with Crippen LogP contribution in [-0.4, -0.2) is 31.5 Å². The van der Waals surface area contributed by atoms with Gasteiger partial charge in [-0.2, -0.15) is 0 Å². The molecule has 0 spiro atoms. The van der Waals surface area contributed by atoms with Gasteiger partial charge in [-0.1, -0.05) is 24.3 Å². The molecule has 39 heavy (non-hydrogen) atoms. The summed E-state index contributed by atoms with van der Waals surface area (Å²) in [7, 11) is 1.79. The van der Waals surface area contributed by atoms with Gasteiger partial charge in [-0.15, -0.1) is 0 Å². The summed E-state index contributed by atoms with van der Waals surface area (Å²) < 4.78 is 22.2. The third-order valence-electron chi connectivity index (χ3n) is 6.46. The molecule has 6 rings (SSSR count). The summed E-state index contributed by atoms with van der Waals surface area (Å²) in [6.45, 7) is 0. The molecule has 5 aromatic rings. The minimum absolute atomic E-state index is 0.0368. The van der Waals surface area contributed by atoms with Crippen molar-refractivity contribution < 1.29 is 28.9 Å². The summed E-state index contributed by atoms with van der Waals surface area (Å²) in [5.74, 6) is -2.41. The number of para-hydroxylation sites is 1. The number of ketones is 1. The topological polar surface area (TPSA) is 114 Å². The first kappa shape index (κ1) is 23.9. The van der Waals surface area contributed by atoms with Gasteiger partial charge in [0, 0.05) is 48.2 Å². The number of pyridine rings is 1. The molecule has 1 aliphatic heterocycles. The number of anilines is 1. The fourth-order valence-electron chi connectivity index (χ4n) is 4.69. The Balaban J connectivity index is 1.44. The first-order chi connectivity index (χ1) is 18.8. The number of fused-ring (bicyclic) bond motifs is 2. The summed E-state index contributed by atoms with van der Waals surface area (Å²) in [5, 5.41) is 23.3. The van der Waals surface area contributed by atoms with E-state index in [0.29, 0.717) is 33.4 Å². The highest BCUT2D eigenvalue weighted by Gasteiger charge is 2.32. The molecule has 0 unspecified atom stereocenters. The smallest absolute Gasteiger partial charge is 0.258 e. The molecule has 1 amide bonds. The Kier molecular flexibility index (Phi) is 5.61. The number of allylic oxidation sites excluding steroid dienone is 1. The van der Waals surface area contributed by atoms with Crippen molar-refractivity contribution in [2.24, 2.45) is 7.05 Å². The van der Waals surface area contributed by atoms with Gasteiger partial charge in [0.25, 0.3) is 5.91 Å². The van der Waals surface area contributed by atoms with Gasteiger partial charge < -0.3 is 24.8 Å². The average Bonchev–Trinajstić information content (AvgIpc) is 3.40. The third kappa shape index (κ3) is 4.15. The van der Waals surface area contributed by atoms with E-state index in [9.17, 15) is 24.2 Å². The molecule has 8 nitrogen and oxygen atoms in total. The number of carbonyl (C=O) groups excluding carboxylic acids is 2. The molecule has 0 saturated carbocycles. The number of amides is 1. The number of phenolic OH excluding ortho intramolecular Hbond substituents is 2. The van der Waals surface area contributed by atoms with E-state index >= 15 is 0 Å². The molecule has 3 aromatic carbocycles. The van der Waals surface area contributed by atoms with Crippen LogP contribution >= 0.6 is 0 Å². The molecular weight excluding hydrogens is 501 g/mol. The van der Waals surface area contributed by atoms with Gasteiger partial charge in [0.2, 0.25) is 5.78 Å². The van der Waals surface area contributed by atoms with Crippen LogP contribution in [0.2, 0.25) is 0 Å². The van der Waals surface area contributed by atoms with Gasteiger partial charge in [0.15, 0.2) is 5.76 Å². The zero-order valence-electron chi connectivity index (χ0n) is 20.5. The maximum Gasteiger partial charge on any atom is 0.258 e. The van der Waals surface area contributed by atoms with E-state index in [-0.39, 0.29) is 34.1 Å². The second-order valence-corrected chi connectivity index (χ2v) is 9.05. The number of hydrogen-bond acceptors (Lipinski definition) is 6. The molecule has 1 aliphatic rings. The highest BCUT2D eigenvalue weighted by atomic mass is 19.1. The van der Waals surface area contributed by atoms with E-state index in [1.807, 2.05) is 6.07 Å². The molecule has 3 heterocycles. The van der Waals surface area contributed by atoms with Crippen molar-refractivity contribution in [2.75, 3.05) is 5.32 Å². The Hall–Kier alpha value is -5.44. The highest BCUT2D eigenvalue weighted by molar-refractivity contribution is 6.17. The number of aryl methyl sites for hydroxylation is 1. The van der Waals surface area contributed by atoms with E-state index in [2.05, 4.69) is 10.3 Å². The number of rotatable bonds is 4. The minimum atomic E-state index is -0.668. The van der Waals surface area contributed by atoms with Crippen molar-refractivity contribution in [2.45, 2.75) is 0 Å². The number of nitrogens with zero attached hydrogens (tertiary/aromatic N) is 2. The van der Waals surface area contributed by atoms with E-state index in [1.165, 1.54) is 24.3 Å². The van der Waals surface area contributed by atoms with Crippen molar-refractivity contribution in [1.29, 1.82) is 0 Å². The van der Waals surface area contributed by atoms with Gasteiger partial charge in [0.1, 0.15) is 34.3 Å². The summed E-state index contributed by atoms with van der Waals surface area (Å²) >= 11 is 0. The Morgan fingerprint density at radius 3 is 2.67 bits per heavy atom. The van der Waals surface area contributed by atoms with Crippen molar-refractivity contribution in [3.05, 3.63) is 107 Å². The third-order valence-corrected chi connectivity index (χ3v) is 6.46. The van der Waals surface area contributed by atoms with Crippen LogP contribution in [0.5, 0.6) is 17.2 Å². The predicted molar refractivity (Wildman–Crippen MR) is 143 cm³/mol. The zero-order chi connectivity index (χ0) is 27.3. The Labute approximate surface area is 221 Å². The van der Waals surface area contributed by atoms with Gasteiger partial charge in [0.05, 0.1) is 5.56 Å². The van der Waals surface area contributed by atoms with Crippen LogP contribution in [0, 0.1) is 5.82 Å². The van der Waals surface area contributed by atoms with E-state index < -0.39 is 17.5 Å². The molecule has 9 heteroatoms. The van der Waals surface area contributed by atoms with Crippen molar-refractivity contribution in [3.8, 4) is 28.4 Å². The van der Waals surface area contributed by atoms with Crippen molar-refractivity contribution >= 4 is 34.5 Å². The number of ether oxygens (including phenoxy) is 1. The minimum Gasteiger partial charge on any atom is -0.508 e. The second kappa shape index (κ2) is 9.14. The molecule has 0 aliphatic carbocycles. The number of phenols is 2. The fourth-order valence-corrected chi connectivity index (χ4v) is 4.69. The number of halogens is 1. The van der Waals surface area contributed by atoms with Crippen LogP contribution in [-0.2, 0) is 7.05 Å². The maximum absolute atomic E-state index is 14.8. The number of aromatic nitrogens is 2. The van der Waals surface area contributed by atoms with Crippen LogP contribution in [0.1, 0.15) is 26.3 Å². The quantitative estimate of drug-likeness (QED) is 0.263. The lowest BCUT2D eigenvalue weighted by Crippen LogP contribution is -2.13. The molecule has 0 saturated heterocycles. The molecule has 0 fully saturated rings. The number of aromatic hydroxyl groups is 2. The van der Waals surface area contributed by atoms with Crippen LogP contribution in [0.25, 0.3) is 28.2 Å². The normalized spacial score (nSPS) is 13.5. The molecule has 2 aromatic heterocycles. The van der Waals surface area contributed by atoms with E-state index in [0.717, 1.165) is 6.07 Å². The summed E-state index contributed by atoms with van der Waals surface area (Å²) in [6, 6.07) is 17.1. The first-order valence-corrected chi connectivity index (χ1v) is 11.9. The van der Waals surface area contributed by atoms with Crippen LogP contribution < -0.4 is 10.1 Å². The van der Waals surface area contributed by atoms with Gasteiger partial charge in [-0.3, -0.25) is 9.59 Å². The lowest BCUT2D eigenvalue weighted by atomic mass is 9.98. The standard InChI is InChI=1S/C30H20FN3O5/c1-34-15-17(12-25-28(37)27-23(36)13-19(35)14-24(27)39-25)26-20(9-10-32-29(26)34)16-7-8-22(31)21(11-16)30(38)33-18-5-3-2-4-6-18/h2-15,35-36H,1H3,(H,33,38)/b25-12-. The molecule has 3 N–H and O–H groups in total. The Morgan fingerprint density at radius 2 is 1.87 bits per heavy atom. The average molecular weight is 522 g/mol. The molecule has 0 radical (unpaired) electrons. The highest BCUT2D eigenvalue weighted by Crippen LogP contribution is 2.41. The molecule has 0 bridgehead atoms. The van der Waals surface area contributed by atoms with Crippen LogP contribution in [0.3, 0.4) is 0 Å². The summed E-state index contributed by atoms with van der Waals surface area (Å²) in [6.07, 6.45) is 4.89. The van der Waals surface area contributed by atoms with Crippen LogP contribution in [0.15, 0.2) is 84.9 Å². The predicted octanol–water partition coefficient (Wildman–Crippen LogP) is 5.66. The maximum atomic E-state index is 14.8. The molecular formula is C30H20FN3O5. The number of carbonyl (C=O) groups is 2. The lowest BCUT2D eigenvalue weighted by molar-refractivity contribution is 0.101. The lowest BCUT2D eigenvalue weighted by Gasteiger charge is -2.10. The first-order valence-electron chi connectivity index (χ1n) is 11.9. The fraction of sp³-hybridized carbons (Fsp3) is 0.0333. The SMILES string of the molecule is Cn1cc(/C=C2\Oc3cc(O)cc(O)c3C2=O)c2c(-c3ccc(F)c(C(=O)Nc4ccccc4)c3)ccnc21. The monoisotopic (exact) mass is 521 g/mol. The Morgan fingerprint density at radius 1 is 1.08 bits per heavy atom. The van der Waals surface area contributed by atoms with E-state index in [1.54, 1.807) is 60.4 Å². The zero-order valence-corrected chi connectivity index (χ0v) is 20.5. The molecule has 192 valence electrons. The Bertz CT molecular complexity index is 1840. The largest absolute Gasteiger partial charge is 0.508 e. The van der Waals surface area contributed by atoms with Crippen LogP contribution in [0.4, 0.5) is 10.1 Å². The number of Topliss-reactive ketones (excluding diaryl/α,β-unsaturated/α-hetero) is 1. The van der Waals surface area contributed by atoms with Crippen molar-refractivity contribution in [1.82, 2.24) is 9.55 Å². The van der Waals surface area contributed by atoms with E-state index in [4.69, 9.17) is 4.74 Å². The van der Waals surface area contributed by atoms with Crippen molar-refractivity contribution in [3.63, 3.8) is 0 Å². The summed E-state index contributed by atoms with van der Waals surface area (Å²) in [5.41, 5.74) is 2.76. The number of hydrogen-bond donors (Lipinski definition) is 3. The number of nitrogens with one attached hydrogen (secondary N) is 1. The second-order valence-electron chi connectivity index (χ2n) is 9.05.